The summed E-state index contributed by atoms with van der Waals surface area (Å²) in [7, 11) is -3.38. The van der Waals surface area contributed by atoms with Crippen LogP contribution in [0.1, 0.15) is 86.9 Å². The van der Waals surface area contributed by atoms with Gasteiger partial charge in [0.2, 0.25) is 27.8 Å². The molecule has 3 aromatic rings. The molecule has 0 radical (unpaired) electrons. The van der Waals surface area contributed by atoms with Crippen molar-refractivity contribution in [1.29, 1.82) is 0 Å². The summed E-state index contributed by atoms with van der Waals surface area (Å²) < 4.78 is 58.8. The molecule has 2 aromatic heterocycles. The van der Waals surface area contributed by atoms with E-state index in [0.29, 0.717) is 57.2 Å². The summed E-state index contributed by atoms with van der Waals surface area (Å²) in [6, 6.07) is 6.85. The van der Waals surface area contributed by atoms with Gasteiger partial charge >= 0.3 is 6.61 Å². The number of fused-ring (bicyclic) bond motifs is 1. The third-order valence-electron chi connectivity index (χ3n) is 10.2. The quantitative estimate of drug-likeness (QED) is 0.267. The number of benzene rings is 1. The first-order valence-electron chi connectivity index (χ1n) is 17.2. The third kappa shape index (κ3) is 7.86. The fourth-order valence-electron chi connectivity index (χ4n) is 7.35. The fourth-order valence-corrected chi connectivity index (χ4v) is 8.87. The minimum Gasteiger partial charge on any atom is -0.432 e. The van der Waals surface area contributed by atoms with Crippen molar-refractivity contribution in [2.75, 3.05) is 43.8 Å². The number of amides is 2. The molecular formula is C33H42F2N8O5S. The van der Waals surface area contributed by atoms with E-state index in [9.17, 15) is 26.8 Å². The van der Waals surface area contributed by atoms with Gasteiger partial charge in [0.15, 0.2) is 5.75 Å². The van der Waals surface area contributed by atoms with Gasteiger partial charge in [0.1, 0.15) is 0 Å². The van der Waals surface area contributed by atoms with E-state index in [2.05, 4.69) is 53.1 Å². The van der Waals surface area contributed by atoms with Gasteiger partial charge in [-0.3, -0.25) is 19.6 Å². The Balaban J connectivity index is 0.872. The molecule has 1 unspecified atom stereocenters. The number of nitrogens with one attached hydrogen (secondary N) is 2. The van der Waals surface area contributed by atoms with Crippen LogP contribution in [-0.4, -0.2) is 100 Å². The molecule has 16 heteroatoms. The first-order chi connectivity index (χ1) is 23.6. The van der Waals surface area contributed by atoms with Gasteiger partial charge in [0.25, 0.3) is 0 Å². The lowest BCUT2D eigenvalue weighted by molar-refractivity contribution is -0.134. The summed E-state index contributed by atoms with van der Waals surface area (Å²) >= 11 is 0. The van der Waals surface area contributed by atoms with E-state index < -0.39 is 22.6 Å². The van der Waals surface area contributed by atoms with Crippen molar-refractivity contribution in [2.45, 2.75) is 88.3 Å². The zero-order valence-corrected chi connectivity index (χ0v) is 28.1. The van der Waals surface area contributed by atoms with Gasteiger partial charge in [0.05, 0.1) is 41.3 Å². The number of nitrogens with zero attached hydrogens (tertiary/aromatic N) is 6. The summed E-state index contributed by atoms with van der Waals surface area (Å²) in [6.45, 7) is 0.395. The number of sulfonamides is 1. The molecule has 13 nitrogen and oxygen atoms in total. The van der Waals surface area contributed by atoms with Crippen LogP contribution in [0.5, 0.6) is 5.75 Å². The molecule has 4 aliphatic rings. The highest BCUT2D eigenvalue weighted by molar-refractivity contribution is 7.89. The SMILES string of the molecule is O=C1CCC(c2nn(C3CC3)c3cc(C4CCN(CCCS(=O)(=O)N5CCC(Nc6ncc(OC(F)F)cn6)CC5)CC4)ccc23)C(=O)N1. The molecule has 4 fully saturated rings. The molecule has 1 aromatic carbocycles. The number of likely N-dealkylation sites (tertiary alicyclic amines) is 1. The number of alkyl halides is 2. The van der Waals surface area contributed by atoms with Crippen LogP contribution in [-0.2, 0) is 19.6 Å². The number of carbonyl (C=O) groups is 2. The first kappa shape index (κ1) is 33.7. The van der Waals surface area contributed by atoms with E-state index in [0.717, 1.165) is 61.9 Å². The van der Waals surface area contributed by atoms with Gasteiger partial charge in [0, 0.05) is 30.9 Å². The summed E-state index contributed by atoms with van der Waals surface area (Å²) in [6.07, 6.45) is 9.06. The summed E-state index contributed by atoms with van der Waals surface area (Å²) in [5.74, 6) is -0.221. The van der Waals surface area contributed by atoms with E-state index in [1.165, 1.54) is 18.0 Å². The number of piperidine rings is 3. The molecule has 3 saturated heterocycles. The standard InChI is InChI=1S/C33H42F2N8O5S/c34-32(35)48-25-19-36-33(37-20-25)38-23-10-15-42(16-11-23)49(46,47)17-1-12-41-13-8-21(9-14-41)22-2-5-26-28(18-22)43(24-3-4-24)40-30(26)27-6-7-29(44)39-31(27)45/h2,5,18-21,23-24,27,32H,1,3-4,6-17H2,(H,36,37,38)(H,39,44,45). The Morgan fingerprint density at radius 2 is 1.71 bits per heavy atom. The number of ether oxygens (including phenoxy) is 1. The summed E-state index contributed by atoms with van der Waals surface area (Å²) in [4.78, 5) is 34.7. The van der Waals surface area contributed by atoms with Gasteiger partial charge in [-0.05, 0) is 88.5 Å². The van der Waals surface area contributed by atoms with Crippen LogP contribution in [0.2, 0.25) is 0 Å². The van der Waals surface area contributed by atoms with Crippen molar-refractivity contribution in [3.8, 4) is 5.75 Å². The molecule has 49 heavy (non-hydrogen) atoms. The van der Waals surface area contributed by atoms with Crippen molar-refractivity contribution in [2.24, 2.45) is 0 Å². The lowest BCUT2D eigenvalue weighted by Gasteiger charge is -2.33. The van der Waals surface area contributed by atoms with Crippen LogP contribution >= 0.6 is 0 Å². The minimum absolute atomic E-state index is 0.0167. The van der Waals surface area contributed by atoms with E-state index in [1.54, 1.807) is 4.31 Å². The highest BCUT2D eigenvalue weighted by atomic mass is 32.2. The smallest absolute Gasteiger partial charge is 0.387 e. The largest absolute Gasteiger partial charge is 0.432 e. The first-order valence-corrected chi connectivity index (χ1v) is 18.8. The van der Waals surface area contributed by atoms with Crippen LogP contribution in [0.25, 0.3) is 10.9 Å². The number of aromatic nitrogens is 4. The van der Waals surface area contributed by atoms with Gasteiger partial charge in [-0.2, -0.15) is 13.9 Å². The summed E-state index contributed by atoms with van der Waals surface area (Å²) in [5, 5.41) is 11.5. The fraction of sp³-hybridized carbons (Fsp3) is 0.606. The average molecular weight is 701 g/mol. The number of anilines is 1. The van der Waals surface area contributed by atoms with E-state index in [-0.39, 0.29) is 35.3 Å². The molecule has 264 valence electrons. The maximum absolute atomic E-state index is 13.1. The second-order valence-electron chi connectivity index (χ2n) is 13.6. The number of hydrogen-bond donors (Lipinski definition) is 2. The molecule has 2 amide bonds. The second kappa shape index (κ2) is 14.2. The molecule has 5 heterocycles. The van der Waals surface area contributed by atoms with E-state index in [1.807, 2.05) is 0 Å². The Hall–Kier alpha value is -3.76. The normalized spacial score (nSPS) is 22.1. The van der Waals surface area contributed by atoms with Crippen LogP contribution in [0.3, 0.4) is 0 Å². The van der Waals surface area contributed by atoms with Crippen molar-refractivity contribution < 1.29 is 31.5 Å². The predicted octanol–water partition coefficient (Wildman–Crippen LogP) is 3.76. The van der Waals surface area contributed by atoms with Crippen LogP contribution in [0.15, 0.2) is 30.6 Å². The molecule has 0 spiro atoms. The van der Waals surface area contributed by atoms with E-state index >= 15 is 0 Å². The van der Waals surface area contributed by atoms with Crippen molar-refractivity contribution in [3.05, 3.63) is 41.9 Å². The molecule has 1 atom stereocenters. The third-order valence-corrected chi connectivity index (χ3v) is 12.1. The van der Waals surface area contributed by atoms with Crippen molar-refractivity contribution in [3.63, 3.8) is 0 Å². The highest BCUT2D eigenvalue weighted by Gasteiger charge is 2.35. The maximum atomic E-state index is 13.1. The summed E-state index contributed by atoms with van der Waals surface area (Å²) in [5.41, 5.74) is 3.11. The van der Waals surface area contributed by atoms with Crippen LogP contribution < -0.4 is 15.4 Å². The molecule has 0 bridgehead atoms. The zero-order chi connectivity index (χ0) is 34.1. The van der Waals surface area contributed by atoms with Gasteiger partial charge in [-0.25, -0.2) is 22.7 Å². The number of carbonyl (C=O) groups excluding carboxylic acids is 2. The molecule has 1 aliphatic carbocycles. The molecule has 2 N–H and O–H groups in total. The highest BCUT2D eigenvalue weighted by Crippen LogP contribution is 2.41. The van der Waals surface area contributed by atoms with Crippen LogP contribution in [0.4, 0.5) is 14.7 Å². The topological polar surface area (TPSA) is 152 Å². The lowest BCUT2D eigenvalue weighted by Crippen LogP contribution is -2.44. The number of halogens is 2. The average Bonchev–Trinajstić information content (AvgIpc) is 3.86. The Morgan fingerprint density at radius 3 is 2.39 bits per heavy atom. The Kier molecular flexibility index (Phi) is 9.79. The number of imide groups is 1. The van der Waals surface area contributed by atoms with Crippen molar-refractivity contribution in [1.82, 2.24) is 34.3 Å². The Labute approximate surface area is 283 Å². The zero-order valence-electron chi connectivity index (χ0n) is 27.3. The monoisotopic (exact) mass is 700 g/mol. The minimum atomic E-state index is -3.38. The van der Waals surface area contributed by atoms with Gasteiger partial charge in [-0.15, -0.1) is 0 Å². The van der Waals surface area contributed by atoms with Crippen molar-refractivity contribution >= 4 is 38.7 Å². The predicted molar refractivity (Wildman–Crippen MR) is 177 cm³/mol. The Bertz CT molecular complexity index is 1770. The number of rotatable bonds is 12. The number of hydrogen-bond acceptors (Lipinski definition) is 10. The maximum Gasteiger partial charge on any atom is 0.387 e. The van der Waals surface area contributed by atoms with Gasteiger partial charge < -0.3 is 15.0 Å². The van der Waals surface area contributed by atoms with E-state index in [4.69, 9.17) is 5.10 Å². The lowest BCUT2D eigenvalue weighted by atomic mass is 9.88. The second-order valence-corrected chi connectivity index (χ2v) is 15.7. The Morgan fingerprint density at radius 1 is 0.980 bits per heavy atom. The molecule has 3 aliphatic heterocycles. The van der Waals surface area contributed by atoms with Gasteiger partial charge in [-0.1, -0.05) is 12.1 Å². The molecule has 7 rings (SSSR count). The molecule has 1 saturated carbocycles. The molecular weight excluding hydrogens is 658 g/mol. The van der Waals surface area contributed by atoms with Crippen LogP contribution in [0, 0.1) is 0 Å².